The molecule has 3 rings (SSSR count). The van der Waals surface area contributed by atoms with E-state index in [0.29, 0.717) is 25.6 Å². The van der Waals surface area contributed by atoms with E-state index in [2.05, 4.69) is 4.72 Å². The fourth-order valence-electron chi connectivity index (χ4n) is 2.86. The van der Waals surface area contributed by atoms with Crippen molar-refractivity contribution in [2.75, 3.05) is 13.2 Å². The average molecular weight is 375 g/mol. The summed E-state index contributed by atoms with van der Waals surface area (Å²) in [7, 11) is -3.94. The van der Waals surface area contributed by atoms with E-state index in [1.807, 2.05) is 25.1 Å². The van der Waals surface area contributed by atoms with Crippen molar-refractivity contribution in [3.63, 3.8) is 0 Å². The van der Waals surface area contributed by atoms with E-state index in [1.165, 1.54) is 17.7 Å². The monoisotopic (exact) mass is 375 g/mol. The standard InChI is InChI=1S/C19H21NO5S/c1-2-25-17-4-3-5-18(12-17)26(22,23)20-19(21)11-14-6-7-15-8-9-24-13-16(15)10-14/h3-7,10,12H,2,8-9,11,13H2,1H3,(H,20,21). The Morgan fingerprint density at radius 1 is 1.19 bits per heavy atom. The van der Waals surface area contributed by atoms with Crippen LogP contribution in [0, 0.1) is 0 Å². The molecule has 0 unspecified atom stereocenters. The lowest BCUT2D eigenvalue weighted by molar-refractivity contribution is -0.118. The molecule has 26 heavy (non-hydrogen) atoms. The highest BCUT2D eigenvalue weighted by molar-refractivity contribution is 7.90. The van der Waals surface area contributed by atoms with Crippen molar-refractivity contribution >= 4 is 15.9 Å². The average Bonchev–Trinajstić information content (AvgIpc) is 2.61. The van der Waals surface area contributed by atoms with Gasteiger partial charge in [-0.05, 0) is 42.2 Å². The molecule has 6 nitrogen and oxygen atoms in total. The fourth-order valence-corrected chi connectivity index (χ4v) is 3.88. The van der Waals surface area contributed by atoms with Crippen molar-refractivity contribution in [2.24, 2.45) is 0 Å². The molecule has 0 aromatic heterocycles. The molecule has 0 spiro atoms. The molecule has 0 saturated carbocycles. The van der Waals surface area contributed by atoms with Gasteiger partial charge in [-0.15, -0.1) is 0 Å². The van der Waals surface area contributed by atoms with Gasteiger partial charge in [-0.1, -0.05) is 24.3 Å². The summed E-state index contributed by atoms with van der Waals surface area (Å²) in [6.07, 6.45) is 0.837. The van der Waals surface area contributed by atoms with Crippen molar-refractivity contribution in [2.45, 2.75) is 31.3 Å². The Labute approximate surface area is 153 Å². The van der Waals surface area contributed by atoms with Crippen molar-refractivity contribution in [3.8, 4) is 5.75 Å². The zero-order valence-electron chi connectivity index (χ0n) is 14.5. The van der Waals surface area contributed by atoms with Crippen LogP contribution in [-0.2, 0) is 39.0 Å². The Kier molecular flexibility index (Phi) is 5.58. The third kappa shape index (κ3) is 4.42. The molecule has 0 atom stereocenters. The number of fused-ring (bicyclic) bond motifs is 1. The predicted molar refractivity (Wildman–Crippen MR) is 96.4 cm³/mol. The number of hydrogen-bond donors (Lipinski definition) is 1. The summed E-state index contributed by atoms with van der Waals surface area (Å²) in [5.41, 5.74) is 3.01. The molecule has 1 heterocycles. The molecule has 7 heteroatoms. The van der Waals surface area contributed by atoms with E-state index in [4.69, 9.17) is 9.47 Å². The first-order chi connectivity index (χ1) is 12.5. The summed E-state index contributed by atoms with van der Waals surface area (Å²) in [6.45, 7) is 3.46. The minimum absolute atomic E-state index is 0.00404. The quantitative estimate of drug-likeness (QED) is 0.837. The normalized spacial score (nSPS) is 13.7. The Hall–Kier alpha value is -2.38. The van der Waals surface area contributed by atoms with E-state index >= 15 is 0 Å². The second-order valence-corrected chi connectivity index (χ2v) is 7.70. The van der Waals surface area contributed by atoms with Gasteiger partial charge in [-0.25, -0.2) is 13.1 Å². The SMILES string of the molecule is CCOc1cccc(S(=O)(=O)NC(=O)Cc2ccc3c(c2)COCC3)c1. The number of amides is 1. The van der Waals surface area contributed by atoms with Crippen molar-refractivity contribution in [3.05, 3.63) is 59.2 Å². The topological polar surface area (TPSA) is 81.7 Å². The summed E-state index contributed by atoms with van der Waals surface area (Å²) in [5, 5.41) is 0. The second kappa shape index (κ2) is 7.88. The van der Waals surface area contributed by atoms with Gasteiger partial charge in [0.25, 0.3) is 10.0 Å². The predicted octanol–water partition coefficient (Wildman–Crippen LogP) is 2.21. The summed E-state index contributed by atoms with van der Waals surface area (Å²) < 4.78 is 37.7. The van der Waals surface area contributed by atoms with Crippen molar-refractivity contribution < 1.29 is 22.7 Å². The van der Waals surface area contributed by atoms with E-state index in [9.17, 15) is 13.2 Å². The van der Waals surface area contributed by atoms with E-state index < -0.39 is 15.9 Å². The van der Waals surface area contributed by atoms with Crippen molar-refractivity contribution in [1.29, 1.82) is 0 Å². The van der Waals surface area contributed by atoms with Gasteiger partial charge in [-0.2, -0.15) is 0 Å². The highest BCUT2D eigenvalue weighted by Crippen LogP contribution is 2.20. The van der Waals surface area contributed by atoms with Crippen LogP contribution in [0.5, 0.6) is 5.75 Å². The van der Waals surface area contributed by atoms with Crippen LogP contribution >= 0.6 is 0 Å². The molecule has 0 fully saturated rings. The minimum Gasteiger partial charge on any atom is -0.494 e. The number of hydrogen-bond acceptors (Lipinski definition) is 5. The van der Waals surface area contributed by atoms with Crippen LogP contribution in [0.2, 0.25) is 0 Å². The highest BCUT2D eigenvalue weighted by Gasteiger charge is 2.19. The Morgan fingerprint density at radius 2 is 2.04 bits per heavy atom. The van der Waals surface area contributed by atoms with Gasteiger partial charge in [0, 0.05) is 6.07 Å². The zero-order valence-corrected chi connectivity index (χ0v) is 15.3. The molecule has 1 aliphatic rings. The molecule has 138 valence electrons. The third-order valence-corrected chi connectivity index (χ3v) is 5.45. The second-order valence-electron chi connectivity index (χ2n) is 6.02. The molecule has 0 bridgehead atoms. The number of benzene rings is 2. The highest BCUT2D eigenvalue weighted by atomic mass is 32.2. The first-order valence-electron chi connectivity index (χ1n) is 8.45. The molecule has 0 aliphatic carbocycles. The Balaban J connectivity index is 1.70. The van der Waals surface area contributed by atoms with Gasteiger partial charge < -0.3 is 9.47 Å². The summed E-state index contributed by atoms with van der Waals surface area (Å²) in [4.78, 5) is 12.2. The molecule has 2 aromatic rings. The lowest BCUT2D eigenvalue weighted by Crippen LogP contribution is -2.31. The smallest absolute Gasteiger partial charge is 0.264 e. The molecular weight excluding hydrogens is 354 g/mol. The van der Waals surface area contributed by atoms with Crippen LogP contribution < -0.4 is 9.46 Å². The lowest BCUT2D eigenvalue weighted by Gasteiger charge is -2.17. The van der Waals surface area contributed by atoms with Gasteiger partial charge in [0.15, 0.2) is 0 Å². The number of nitrogens with one attached hydrogen (secondary N) is 1. The molecule has 2 aromatic carbocycles. The molecule has 0 saturated heterocycles. The van der Waals surface area contributed by atoms with Crippen LogP contribution in [-0.4, -0.2) is 27.5 Å². The first kappa shape index (κ1) is 18.4. The maximum Gasteiger partial charge on any atom is 0.264 e. The van der Waals surface area contributed by atoms with Gasteiger partial charge in [0.1, 0.15) is 5.75 Å². The summed E-state index contributed by atoms with van der Waals surface area (Å²) >= 11 is 0. The van der Waals surface area contributed by atoms with Crippen LogP contribution in [0.4, 0.5) is 0 Å². The zero-order chi connectivity index (χ0) is 18.6. The minimum atomic E-state index is -3.94. The van der Waals surface area contributed by atoms with Gasteiger partial charge >= 0.3 is 0 Å². The van der Waals surface area contributed by atoms with Crippen LogP contribution in [0.1, 0.15) is 23.6 Å². The van der Waals surface area contributed by atoms with Crippen LogP contribution in [0.3, 0.4) is 0 Å². The van der Waals surface area contributed by atoms with Crippen molar-refractivity contribution in [1.82, 2.24) is 4.72 Å². The number of carbonyl (C=O) groups excluding carboxylic acids is 1. The number of ether oxygens (including phenoxy) is 2. The molecular formula is C19H21NO5S. The maximum atomic E-state index is 12.4. The van der Waals surface area contributed by atoms with Crippen LogP contribution in [0.25, 0.3) is 0 Å². The molecule has 1 aliphatic heterocycles. The van der Waals surface area contributed by atoms with Gasteiger partial charge in [0.2, 0.25) is 5.91 Å². The van der Waals surface area contributed by atoms with Gasteiger partial charge in [-0.3, -0.25) is 4.79 Å². The number of rotatable bonds is 6. The van der Waals surface area contributed by atoms with Gasteiger partial charge in [0.05, 0.1) is 31.1 Å². The molecule has 1 N–H and O–H groups in total. The maximum absolute atomic E-state index is 12.4. The summed E-state index contributed by atoms with van der Waals surface area (Å²) in [6, 6.07) is 11.8. The molecule has 0 radical (unpaired) electrons. The largest absolute Gasteiger partial charge is 0.494 e. The van der Waals surface area contributed by atoms with E-state index in [-0.39, 0.29) is 11.3 Å². The molecule has 1 amide bonds. The summed E-state index contributed by atoms with van der Waals surface area (Å²) in [5.74, 6) is -0.138. The lowest BCUT2D eigenvalue weighted by atomic mass is 9.99. The van der Waals surface area contributed by atoms with E-state index in [0.717, 1.165) is 17.5 Å². The van der Waals surface area contributed by atoms with Crippen LogP contribution in [0.15, 0.2) is 47.4 Å². The Bertz CT molecular complexity index is 908. The number of sulfonamides is 1. The number of carbonyl (C=O) groups is 1. The first-order valence-corrected chi connectivity index (χ1v) is 9.93. The van der Waals surface area contributed by atoms with E-state index in [1.54, 1.807) is 12.1 Å². The fraction of sp³-hybridized carbons (Fsp3) is 0.316. The Morgan fingerprint density at radius 3 is 2.85 bits per heavy atom. The third-order valence-electron chi connectivity index (χ3n) is 4.08.